The monoisotopic (exact) mass is 266 g/mol. The standard InChI is InChI=1S/C13H22N4O2/c1-3-6-16(10-12(18)15-2)7-8-17-9-11(14)4-5-13(17)19/h4-5,9H,3,6-8,10,14H2,1-2H3,(H,15,18). The van der Waals surface area contributed by atoms with E-state index in [9.17, 15) is 9.59 Å². The van der Waals surface area contributed by atoms with Crippen molar-refractivity contribution in [2.45, 2.75) is 19.9 Å². The van der Waals surface area contributed by atoms with Crippen molar-refractivity contribution < 1.29 is 4.79 Å². The number of amides is 1. The van der Waals surface area contributed by atoms with Crippen molar-refractivity contribution >= 4 is 11.6 Å². The van der Waals surface area contributed by atoms with E-state index < -0.39 is 0 Å². The first kappa shape index (κ1) is 15.2. The Bertz CT molecular complexity index is 470. The number of anilines is 1. The van der Waals surface area contributed by atoms with E-state index in [2.05, 4.69) is 12.2 Å². The molecule has 0 spiro atoms. The summed E-state index contributed by atoms with van der Waals surface area (Å²) in [5.74, 6) is -0.0200. The third-order valence-corrected chi connectivity index (χ3v) is 2.85. The molecule has 19 heavy (non-hydrogen) atoms. The molecule has 0 saturated carbocycles. The molecule has 106 valence electrons. The number of pyridine rings is 1. The van der Waals surface area contributed by atoms with Crippen molar-refractivity contribution in [2.75, 3.05) is 32.4 Å². The number of carbonyl (C=O) groups is 1. The maximum absolute atomic E-state index is 11.6. The largest absolute Gasteiger partial charge is 0.398 e. The molecule has 0 fully saturated rings. The summed E-state index contributed by atoms with van der Waals surface area (Å²) >= 11 is 0. The average Bonchev–Trinajstić information content (AvgIpc) is 2.39. The van der Waals surface area contributed by atoms with Crippen LogP contribution in [-0.2, 0) is 11.3 Å². The summed E-state index contributed by atoms with van der Waals surface area (Å²) in [5.41, 5.74) is 6.14. The number of hydrogen-bond donors (Lipinski definition) is 2. The van der Waals surface area contributed by atoms with Gasteiger partial charge >= 0.3 is 0 Å². The highest BCUT2D eigenvalue weighted by Gasteiger charge is 2.09. The Hall–Kier alpha value is -1.82. The van der Waals surface area contributed by atoms with E-state index in [0.717, 1.165) is 13.0 Å². The molecule has 0 aliphatic heterocycles. The number of carbonyl (C=O) groups excluding carboxylic acids is 1. The summed E-state index contributed by atoms with van der Waals surface area (Å²) < 4.78 is 1.57. The van der Waals surface area contributed by atoms with Gasteiger partial charge in [0, 0.05) is 38.1 Å². The predicted molar refractivity (Wildman–Crippen MR) is 75.9 cm³/mol. The topological polar surface area (TPSA) is 80.4 Å². The van der Waals surface area contributed by atoms with Crippen LogP contribution in [0.5, 0.6) is 0 Å². The van der Waals surface area contributed by atoms with Crippen molar-refractivity contribution in [1.82, 2.24) is 14.8 Å². The molecule has 0 aromatic carbocycles. The number of aromatic nitrogens is 1. The molecule has 6 heteroatoms. The van der Waals surface area contributed by atoms with E-state index in [1.165, 1.54) is 6.07 Å². The molecule has 0 unspecified atom stereocenters. The van der Waals surface area contributed by atoms with Gasteiger partial charge in [-0.3, -0.25) is 14.5 Å². The minimum atomic E-state index is -0.0782. The van der Waals surface area contributed by atoms with E-state index in [0.29, 0.717) is 25.3 Å². The molecule has 0 radical (unpaired) electrons. The van der Waals surface area contributed by atoms with Crippen LogP contribution < -0.4 is 16.6 Å². The molecule has 1 aromatic heterocycles. The third kappa shape index (κ3) is 5.13. The maximum atomic E-state index is 11.6. The molecule has 0 aliphatic rings. The Morgan fingerprint density at radius 1 is 1.42 bits per heavy atom. The van der Waals surface area contributed by atoms with Crippen LogP contribution in [0.4, 0.5) is 5.69 Å². The van der Waals surface area contributed by atoms with Gasteiger partial charge in [0.05, 0.1) is 6.54 Å². The van der Waals surface area contributed by atoms with Crippen molar-refractivity contribution in [3.05, 3.63) is 28.7 Å². The molecule has 1 amide bonds. The van der Waals surface area contributed by atoms with Crippen molar-refractivity contribution in [3.8, 4) is 0 Å². The number of nitrogens with one attached hydrogen (secondary N) is 1. The number of rotatable bonds is 7. The van der Waals surface area contributed by atoms with Crippen molar-refractivity contribution in [1.29, 1.82) is 0 Å². The fourth-order valence-corrected chi connectivity index (χ4v) is 1.84. The van der Waals surface area contributed by atoms with Gasteiger partial charge in [0.25, 0.3) is 5.56 Å². The summed E-state index contributed by atoms with van der Waals surface area (Å²) in [6.07, 6.45) is 2.59. The van der Waals surface area contributed by atoms with E-state index in [4.69, 9.17) is 5.73 Å². The Morgan fingerprint density at radius 3 is 2.79 bits per heavy atom. The summed E-state index contributed by atoms with van der Waals surface area (Å²) in [6, 6.07) is 3.05. The molecule has 0 saturated heterocycles. The van der Waals surface area contributed by atoms with Crippen LogP contribution in [0, 0.1) is 0 Å². The van der Waals surface area contributed by atoms with Crippen LogP contribution in [0.1, 0.15) is 13.3 Å². The van der Waals surface area contributed by atoms with E-state index in [1.807, 2.05) is 4.90 Å². The second kappa shape index (κ2) is 7.58. The van der Waals surface area contributed by atoms with Gasteiger partial charge < -0.3 is 15.6 Å². The number of nitrogens with zero attached hydrogens (tertiary/aromatic N) is 2. The predicted octanol–water partition coefficient (Wildman–Crippen LogP) is -0.111. The molecule has 0 atom stereocenters. The zero-order chi connectivity index (χ0) is 14.3. The lowest BCUT2D eigenvalue weighted by Gasteiger charge is -2.21. The molecular formula is C13H22N4O2. The zero-order valence-electron chi connectivity index (χ0n) is 11.6. The number of hydrogen-bond acceptors (Lipinski definition) is 4. The third-order valence-electron chi connectivity index (χ3n) is 2.85. The molecule has 0 bridgehead atoms. The highest BCUT2D eigenvalue weighted by molar-refractivity contribution is 5.77. The van der Waals surface area contributed by atoms with Gasteiger partial charge in [0.1, 0.15) is 0 Å². The highest BCUT2D eigenvalue weighted by Crippen LogP contribution is 1.98. The van der Waals surface area contributed by atoms with Crippen molar-refractivity contribution in [3.63, 3.8) is 0 Å². The minimum absolute atomic E-state index is 0.0200. The molecule has 1 aromatic rings. The van der Waals surface area contributed by atoms with Gasteiger partial charge in [-0.05, 0) is 19.0 Å². The number of nitrogen functional groups attached to an aromatic ring is 1. The van der Waals surface area contributed by atoms with Crippen LogP contribution in [0.3, 0.4) is 0 Å². The second-order valence-electron chi connectivity index (χ2n) is 4.44. The van der Waals surface area contributed by atoms with Gasteiger partial charge in [-0.2, -0.15) is 0 Å². The van der Waals surface area contributed by atoms with Crippen LogP contribution in [0.2, 0.25) is 0 Å². The summed E-state index contributed by atoms with van der Waals surface area (Å²) in [6.45, 7) is 4.40. The zero-order valence-corrected chi connectivity index (χ0v) is 11.6. The molecule has 3 N–H and O–H groups in total. The smallest absolute Gasteiger partial charge is 0.250 e. The SMILES string of the molecule is CCCN(CCn1cc(N)ccc1=O)CC(=O)NC. The average molecular weight is 266 g/mol. The maximum Gasteiger partial charge on any atom is 0.250 e. The Kier molecular flexibility index (Phi) is 6.08. The quantitative estimate of drug-likeness (QED) is 0.721. The van der Waals surface area contributed by atoms with Crippen LogP contribution >= 0.6 is 0 Å². The second-order valence-corrected chi connectivity index (χ2v) is 4.44. The summed E-state index contributed by atoms with van der Waals surface area (Å²) in [7, 11) is 1.62. The first-order valence-electron chi connectivity index (χ1n) is 6.45. The minimum Gasteiger partial charge on any atom is -0.398 e. The van der Waals surface area contributed by atoms with E-state index in [-0.39, 0.29) is 11.5 Å². The fraction of sp³-hybridized carbons (Fsp3) is 0.538. The number of nitrogens with two attached hydrogens (primary N) is 1. The Balaban J connectivity index is 2.62. The molecule has 0 aliphatic carbocycles. The van der Waals surface area contributed by atoms with Gasteiger partial charge in [0.2, 0.25) is 5.91 Å². The Morgan fingerprint density at radius 2 is 2.16 bits per heavy atom. The lowest BCUT2D eigenvalue weighted by Crippen LogP contribution is -2.38. The van der Waals surface area contributed by atoms with Crippen molar-refractivity contribution in [2.24, 2.45) is 0 Å². The molecule has 1 rings (SSSR count). The molecule has 1 heterocycles. The van der Waals surface area contributed by atoms with E-state index in [1.54, 1.807) is 23.9 Å². The van der Waals surface area contributed by atoms with Gasteiger partial charge in [0.15, 0.2) is 0 Å². The van der Waals surface area contributed by atoms with Crippen LogP contribution in [0.15, 0.2) is 23.1 Å². The lowest BCUT2D eigenvalue weighted by molar-refractivity contribution is -0.121. The van der Waals surface area contributed by atoms with Crippen LogP contribution in [-0.4, -0.2) is 42.1 Å². The Labute approximate surface area is 113 Å². The highest BCUT2D eigenvalue weighted by atomic mass is 16.2. The van der Waals surface area contributed by atoms with Gasteiger partial charge in [-0.25, -0.2) is 0 Å². The van der Waals surface area contributed by atoms with Gasteiger partial charge in [-0.15, -0.1) is 0 Å². The first-order valence-corrected chi connectivity index (χ1v) is 6.45. The van der Waals surface area contributed by atoms with Gasteiger partial charge in [-0.1, -0.05) is 6.92 Å². The van der Waals surface area contributed by atoms with E-state index >= 15 is 0 Å². The lowest BCUT2D eigenvalue weighted by atomic mass is 10.3. The fourth-order valence-electron chi connectivity index (χ4n) is 1.84. The molecular weight excluding hydrogens is 244 g/mol. The molecule has 6 nitrogen and oxygen atoms in total. The first-order chi connectivity index (χ1) is 9.06. The summed E-state index contributed by atoms with van der Waals surface area (Å²) in [5, 5.41) is 2.60. The van der Waals surface area contributed by atoms with Crippen LogP contribution in [0.25, 0.3) is 0 Å². The number of likely N-dealkylation sites (N-methyl/N-ethyl adjacent to an activating group) is 1. The summed E-state index contributed by atoms with van der Waals surface area (Å²) in [4.78, 5) is 25.0. The normalized spacial score (nSPS) is 10.7.